The maximum atomic E-state index is 13.5. The van der Waals surface area contributed by atoms with Gasteiger partial charge in [0.2, 0.25) is 0 Å². The minimum absolute atomic E-state index is 0.0509. The third kappa shape index (κ3) is 6.51. The molecule has 2 heteroatoms. The van der Waals surface area contributed by atoms with Gasteiger partial charge in [-0.05, 0) is 68.8 Å². The van der Waals surface area contributed by atoms with E-state index in [2.05, 4.69) is 19.2 Å². The predicted molar refractivity (Wildman–Crippen MR) is 85.8 cm³/mol. The molecule has 1 aromatic carbocycles. The highest BCUT2D eigenvalue weighted by Gasteiger charge is 2.04. The Hall–Kier alpha value is -0.890. The van der Waals surface area contributed by atoms with E-state index >= 15 is 0 Å². The van der Waals surface area contributed by atoms with Crippen molar-refractivity contribution < 1.29 is 4.39 Å². The number of halogens is 1. The molecule has 20 heavy (non-hydrogen) atoms. The first-order chi connectivity index (χ1) is 9.50. The highest BCUT2D eigenvalue weighted by Crippen LogP contribution is 2.16. The monoisotopic (exact) mass is 279 g/mol. The third-order valence-corrected chi connectivity index (χ3v) is 3.62. The van der Waals surface area contributed by atoms with Crippen molar-refractivity contribution in [3.8, 4) is 0 Å². The van der Waals surface area contributed by atoms with Gasteiger partial charge in [0, 0.05) is 0 Å². The molecule has 0 spiro atoms. The molecule has 0 heterocycles. The normalized spacial score (nSPS) is 11.3. The van der Waals surface area contributed by atoms with Crippen LogP contribution in [0.4, 0.5) is 4.39 Å². The Morgan fingerprint density at radius 3 is 2.20 bits per heavy atom. The van der Waals surface area contributed by atoms with Gasteiger partial charge in [-0.2, -0.15) is 0 Å². The van der Waals surface area contributed by atoms with E-state index in [1.54, 1.807) is 0 Å². The number of unbranched alkanes of at least 4 members (excludes halogenated alkanes) is 3. The van der Waals surface area contributed by atoms with Crippen LogP contribution in [0.1, 0.15) is 56.2 Å². The Morgan fingerprint density at radius 1 is 1.00 bits per heavy atom. The van der Waals surface area contributed by atoms with E-state index in [0.29, 0.717) is 0 Å². The van der Waals surface area contributed by atoms with Crippen molar-refractivity contribution in [3.63, 3.8) is 0 Å². The topological polar surface area (TPSA) is 12.0 Å². The van der Waals surface area contributed by atoms with Gasteiger partial charge in [-0.1, -0.05) is 38.8 Å². The van der Waals surface area contributed by atoms with Gasteiger partial charge in [-0.3, -0.25) is 0 Å². The van der Waals surface area contributed by atoms with Crippen molar-refractivity contribution >= 4 is 0 Å². The standard InChI is InChI=1S/C18H30FN/c1-14(2)13-20-10-8-6-5-7-9-17-11-15(3)18(19)16(4)12-17/h11-12,14,20H,5-10,13H2,1-4H3. The first-order valence-electron chi connectivity index (χ1n) is 7.97. The lowest BCUT2D eigenvalue weighted by atomic mass is 10.0. The van der Waals surface area contributed by atoms with Crippen LogP contribution in [-0.2, 0) is 6.42 Å². The van der Waals surface area contributed by atoms with Crippen LogP contribution < -0.4 is 5.32 Å². The largest absolute Gasteiger partial charge is 0.316 e. The number of benzene rings is 1. The number of hydrogen-bond donors (Lipinski definition) is 1. The molecule has 1 N–H and O–H groups in total. The molecule has 0 bridgehead atoms. The highest BCUT2D eigenvalue weighted by molar-refractivity contribution is 5.30. The average Bonchev–Trinajstić information content (AvgIpc) is 2.38. The van der Waals surface area contributed by atoms with Gasteiger partial charge < -0.3 is 5.32 Å². The molecule has 1 nitrogen and oxygen atoms in total. The first-order valence-corrected chi connectivity index (χ1v) is 7.97. The molecule has 1 rings (SSSR count). The quantitative estimate of drug-likeness (QED) is 0.641. The summed E-state index contributed by atoms with van der Waals surface area (Å²) < 4.78 is 13.5. The molecule has 0 aliphatic carbocycles. The van der Waals surface area contributed by atoms with Crippen molar-refractivity contribution in [2.75, 3.05) is 13.1 Å². The van der Waals surface area contributed by atoms with E-state index in [-0.39, 0.29) is 5.82 Å². The Morgan fingerprint density at radius 2 is 1.60 bits per heavy atom. The van der Waals surface area contributed by atoms with Crippen LogP contribution in [0.5, 0.6) is 0 Å². The van der Waals surface area contributed by atoms with Gasteiger partial charge in [0.05, 0.1) is 0 Å². The maximum absolute atomic E-state index is 13.5. The smallest absolute Gasteiger partial charge is 0.129 e. The van der Waals surface area contributed by atoms with Crippen LogP contribution in [0, 0.1) is 25.6 Å². The van der Waals surface area contributed by atoms with Crippen LogP contribution in [0.3, 0.4) is 0 Å². The molecule has 1 aromatic rings. The van der Waals surface area contributed by atoms with Crippen LogP contribution in [0.2, 0.25) is 0 Å². The highest BCUT2D eigenvalue weighted by atomic mass is 19.1. The third-order valence-electron chi connectivity index (χ3n) is 3.62. The second-order valence-corrected chi connectivity index (χ2v) is 6.31. The molecule has 0 saturated heterocycles. The Labute approximate surface area is 124 Å². The summed E-state index contributed by atoms with van der Waals surface area (Å²) in [7, 11) is 0. The zero-order valence-electron chi connectivity index (χ0n) is 13.6. The molecular weight excluding hydrogens is 249 g/mol. The van der Waals surface area contributed by atoms with Crippen molar-refractivity contribution in [1.29, 1.82) is 0 Å². The molecule has 0 aromatic heterocycles. The maximum Gasteiger partial charge on any atom is 0.129 e. The van der Waals surface area contributed by atoms with Crippen LogP contribution in [0.25, 0.3) is 0 Å². The first kappa shape index (κ1) is 17.2. The average molecular weight is 279 g/mol. The van der Waals surface area contributed by atoms with Crippen molar-refractivity contribution in [2.24, 2.45) is 5.92 Å². The summed E-state index contributed by atoms with van der Waals surface area (Å²) in [5.74, 6) is 0.685. The summed E-state index contributed by atoms with van der Waals surface area (Å²) in [6, 6.07) is 3.99. The molecule has 0 fully saturated rings. The summed E-state index contributed by atoms with van der Waals surface area (Å²) in [5.41, 5.74) is 2.83. The van der Waals surface area contributed by atoms with Gasteiger partial charge >= 0.3 is 0 Å². The van der Waals surface area contributed by atoms with E-state index in [1.807, 2.05) is 26.0 Å². The number of nitrogens with one attached hydrogen (secondary N) is 1. The summed E-state index contributed by atoms with van der Waals surface area (Å²) in [5, 5.41) is 3.47. The Balaban J connectivity index is 2.13. The lowest BCUT2D eigenvalue weighted by molar-refractivity contribution is 0.526. The second kappa shape index (κ2) is 9.12. The van der Waals surface area contributed by atoms with Gasteiger partial charge in [0.25, 0.3) is 0 Å². The summed E-state index contributed by atoms with van der Waals surface area (Å²) in [6.07, 6.45) is 6.08. The fourth-order valence-electron chi connectivity index (χ4n) is 2.50. The van der Waals surface area contributed by atoms with Crippen LogP contribution >= 0.6 is 0 Å². The Kier molecular flexibility index (Phi) is 7.83. The van der Waals surface area contributed by atoms with Crippen molar-refractivity contribution in [3.05, 3.63) is 34.6 Å². The lowest BCUT2D eigenvalue weighted by Gasteiger charge is -2.08. The van der Waals surface area contributed by atoms with E-state index < -0.39 is 0 Å². The minimum Gasteiger partial charge on any atom is -0.316 e. The molecule has 0 radical (unpaired) electrons. The molecule has 0 aliphatic heterocycles. The molecule has 114 valence electrons. The zero-order valence-corrected chi connectivity index (χ0v) is 13.6. The zero-order chi connectivity index (χ0) is 15.0. The van der Waals surface area contributed by atoms with E-state index in [1.165, 1.54) is 31.2 Å². The van der Waals surface area contributed by atoms with Gasteiger partial charge in [-0.15, -0.1) is 0 Å². The van der Waals surface area contributed by atoms with Gasteiger partial charge in [0.15, 0.2) is 0 Å². The molecule has 0 amide bonds. The minimum atomic E-state index is -0.0509. The molecule has 0 atom stereocenters. The summed E-state index contributed by atoms with van der Waals surface area (Å²) in [6.45, 7) is 10.4. The predicted octanol–water partition coefficient (Wildman–Crippen LogP) is 4.79. The number of rotatable bonds is 9. The molecule has 0 unspecified atom stereocenters. The SMILES string of the molecule is Cc1cc(CCCCCCNCC(C)C)cc(C)c1F. The summed E-state index contributed by atoms with van der Waals surface area (Å²) in [4.78, 5) is 0. The van der Waals surface area contributed by atoms with Gasteiger partial charge in [0.1, 0.15) is 5.82 Å². The second-order valence-electron chi connectivity index (χ2n) is 6.31. The van der Waals surface area contributed by atoms with Crippen molar-refractivity contribution in [2.45, 2.75) is 59.8 Å². The van der Waals surface area contributed by atoms with E-state index in [9.17, 15) is 4.39 Å². The fraction of sp³-hybridized carbons (Fsp3) is 0.667. The summed E-state index contributed by atoms with van der Waals surface area (Å²) >= 11 is 0. The lowest BCUT2D eigenvalue weighted by Crippen LogP contribution is -2.20. The van der Waals surface area contributed by atoms with E-state index in [4.69, 9.17) is 0 Å². The number of hydrogen-bond acceptors (Lipinski definition) is 1. The number of aryl methyl sites for hydroxylation is 3. The molecular formula is C18H30FN. The molecule has 0 saturated carbocycles. The van der Waals surface area contributed by atoms with Crippen molar-refractivity contribution in [1.82, 2.24) is 5.32 Å². The Bertz CT molecular complexity index is 375. The van der Waals surface area contributed by atoms with Gasteiger partial charge in [-0.25, -0.2) is 4.39 Å². The molecule has 0 aliphatic rings. The fourth-order valence-corrected chi connectivity index (χ4v) is 2.50. The van der Waals surface area contributed by atoms with E-state index in [0.717, 1.165) is 36.6 Å². The van der Waals surface area contributed by atoms with Crippen LogP contribution in [0.15, 0.2) is 12.1 Å². The van der Waals surface area contributed by atoms with Crippen LogP contribution in [-0.4, -0.2) is 13.1 Å².